The monoisotopic (exact) mass is 681 g/mol. The van der Waals surface area contributed by atoms with Crippen LogP contribution < -0.4 is 0 Å². The van der Waals surface area contributed by atoms with Gasteiger partial charge in [0.25, 0.3) is 0 Å². The number of methoxy groups -OCH3 is 1. The lowest BCUT2D eigenvalue weighted by Gasteiger charge is -2.07. The summed E-state index contributed by atoms with van der Waals surface area (Å²) in [4.78, 5) is 14.7. The van der Waals surface area contributed by atoms with Gasteiger partial charge in [0.05, 0.1) is 19.2 Å². The minimum Gasteiger partial charge on any atom is -0.465 e. The van der Waals surface area contributed by atoms with Crippen molar-refractivity contribution >= 4 is 96.8 Å². The van der Waals surface area contributed by atoms with Crippen LogP contribution in [0.25, 0.3) is 16.0 Å². The fourth-order valence-corrected chi connectivity index (χ4v) is 3.62. The number of carbonyl (C=O) groups excluding carboxylic acids is 1. The molecule has 3 aromatic carbocycles. The van der Waals surface area contributed by atoms with Gasteiger partial charge in [0.2, 0.25) is 5.69 Å². The van der Waals surface area contributed by atoms with Crippen LogP contribution >= 0.6 is 85.2 Å². The predicted octanol–water partition coefficient (Wildman–Crippen LogP) is 10.3. The molecule has 3 aromatic rings. The van der Waals surface area contributed by atoms with Crippen LogP contribution in [0.5, 0.6) is 0 Å². The summed E-state index contributed by atoms with van der Waals surface area (Å²) in [5, 5.41) is 0.524. The van der Waals surface area contributed by atoms with Crippen LogP contribution in [-0.2, 0) is 4.74 Å². The summed E-state index contributed by atoms with van der Waals surface area (Å²) in [7, 11) is 10.6. The molecule has 0 aliphatic carbocycles. The van der Waals surface area contributed by atoms with E-state index >= 15 is 0 Å². The standard InChI is InChI=1S/C14H10BrClO2.C8H6BrN.H7P5/c1-18-14(17)10-5-6-12(13(16)8-10)9-3-2-4-11(15)7-9;1-6-3-4-8(10-2)7(9)5-6;1-4-5(2)3/h2-8H,1H3;3-5H,1H3;4H,1-3H2. The van der Waals surface area contributed by atoms with E-state index in [-0.39, 0.29) is 6.99 Å². The molecular weight excluding hydrogens is 660 g/mol. The first-order chi connectivity index (χ1) is 15.6. The second-order valence-electron chi connectivity index (χ2n) is 6.30. The van der Waals surface area contributed by atoms with Crippen molar-refractivity contribution < 1.29 is 9.53 Å². The largest absolute Gasteiger partial charge is 0.465 e. The molecule has 0 spiro atoms. The maximum absolute atomic E-state index is 11.4. The van der Waals surface area contributed by atoms with Crippen LogP contribution in [0, 0.1) is 13.5 Å². The molecule has 4 atom stereocenters. The average molecular weight is 684 g/mol. The molecule has 0 radical (unpaired) electrons. The van der Waals surface area contributed by atoms with Gasteiger partial charge in [-0.1, -0.05) is 93.4 Å². The Balaban J connectivity index is 0.000000304. The molecule has 0 fully saturated rings. The summed E-state index contributed by atoms with van der Waals surface area (Å²) < 4.78 is 6.51. The number of esters is 1. The Kier molecular flexibility index (Phi) is 15.7. The second kappa shape index (κ2) is 16.6. The molecule has 0 N–H and O–H groups in total. The summed E-state index contributed by atoms with van der Waals surface area (Å²) >= 11 is 12.9. The van der Waals surface area contributed by atoms with Crippen molar-refractivity contribution in [3.8, 4) is 11.1 Å². The molecule has 0 aliphatic heterocycles. The first-order valence-corrected chi connectivity index (χ1v) is 19.4. The van der Waals surface area contributed by atoms with Crippen molar-refractivity contribution in [1.82, 2.24) is 0 Å². The molecule has 3 nitrogen and oxygen atoms in total. The van der Waals surface area contributed by atoms with Crippen LogP contribution in [-0.4, -0.2) is 13.1 Å². The molecule has 0 aliphatic rings. The van der Waals surface area contributed by atoms with Gasteiger partial charge in [-0.05, 0) is 43.7 Å². The molecule has 33 heavy (non-hydrogen) atoms. The van der Waals surface area contributed by atoms with Crippen LogP contribution in [0.4, 0.5) is 5.69 Å². The van der Waals surface area contributed by atoms with Gasteiger partial charge in [-0.25, -0.2) is 9.64 Å². The Morgan fingerprint density at radius 2 is 1.79 bits per heavy atom. The molecule has 0 aromatic heterocycles. The lowest BCUT2D eigenvalue weighted by Crippen LogP contribution is -2.00. The SMILES string of the molecule is COC(=O)c1ccc(-c2cccc(Br)c2)c(Cl)c1.PPP(P)P.[C-]#[N+]c1ccc(C)cc1Br. The van der Waals surface area contributed by atoms with Gasteiger partial charge < -0.3 is 4.74 Å². The molecule has 0 amide bonds. The Labute approximate surface area is 227 Å². The highest BCUT2D eigenvalue weighted by Gasteiger charge is 2.10. The van der Waals surface area contributed by atoms with E-state index in [0.717, 1.165) is 28.0 Å². The summed E-state index contributed by atoms with van der Waals surface area (Å²) in [6, 6.07) is 18.6. The van der Waals surface area contributed by atoms with Gasteiger partial charge in [-0.2, -0.15) is 0 Å². The number of carbonyl (C=O) groups is 1. The number of hydrogen-bond donors (Lipinski definition) is 0. The molecule has 0 saturated carbocycles. The van der Waals surface area contributed by atoms with E-state index < -0.39 is 5.97 Å². The molecule has 0 saturated heterocycles. The fraction of sp³-hybridized carbons (Fsp3) is 0.0909. The lowest BCUT2D eigenvalue weighted by atomic mass is 10.0. The summed E-state index contributed by atoms with van der Waals surface area (Å²) in [5.74, 6) is -0.391. The molecule has 3 rings (SSSR count). The molecule has 11 heteroatoms. The van der Waals surface area contributed by atoms with E-state index in [1.54, 1.807) is 12.1 Å². The van der Waals surface area contributed by atoms with Gasteiger partial charge in [-0.15, -0.1) is 26.8 Å². The highest BCUT2D eigenvalue weighted by Crippen LogP contribution is 2.71. The van der Waals surface area contributed by atoms with E-state index in [1.165, 1.54) is 12.7 Å². The zero-order valence-corrected chi connectivity index (χ0v) is 27.1. The van der Waals surface area contributed by atoms with Crippen molar-refractivity contribution in [2.24, 2.45) is 0 Å². The molecule has 0 bridgehead atoms. The second-order valence-corrected chi connectivity index (χ2v) is 22.4. The third-order valence-electron chi connectivity index (χ3n) is 3.90. The number of hydrogen-bond acceptors (Lipinski definition) is 2. The Morgan fingerprint density at radius 3 is 2.27 bits per heavy atom. The van der Waals surface area contributed by atoms with E-state index in [0.29, 0.717) is 16.3 Å². The smallest absolute Gasteiger partial charge is 0.337 e. The van der Waals surface area contributed by atoms with E-state index in [9.17, 15) is 4.79 Å². The fourth-order valence-electron chi connectivity index (χ4n) is 2.35. The van der Waals surface area contributed by atoms with Crippen molar-refractivity contribution in [2.45, 2.75) is 6.92 Å². The number of rotatable bonds is 3. The van der Waals surface area contributed by atoms with Crippen molar-refractivity contribution in [3.63, 3.8) is 0 Å². The summed E-state index contributed by atoms with van der Waals surface area (Å²) in [6.07, 6.45) is 0. The summed E-state index contributed by atoms with van der Waals surface area (Å²) in [6.45, 7) is 8.97. The van der Waals surface area contributed by atoms with Gasteiger partial charge in [0.15, 0.2) is 0 Å². The summed E-state index contributed by atoms with van der Waals surface area (Å²) in [5.41, 5.74) is 4.16. The maximum Gasteiger partial charge on any atom is 0.337 e. The molecule has 0 heterocycles. The highest BCUT2D eigenvalue weighted by atomic mass is 79.9. The highest BCUT2D eigenvalue weighted by molar-refractivity contribution is 9.10. The third-order valence-corrected chi connectivity index (χ3v) is 17.3. The number of aryl methyl sites for hydroxylation is 1. The van der Waals surface area contributed by atoms with Crippen LogP contribution in [0.2, 0.25) is 5.02 Å². The van der Waals surface area contributed by atoms with Crippen molar-refractivity contribution in [2.75, 3.05) is 7.11 Å². The van der Waals surface area contributed by atoms with Gasteiger partial charge in [-0.3, -0.25) is 0 Å². The topological polar surface area (TPSA) is 30.7 Å². The van der Waals surface area contributed by atoms with Gasteiger partial charge in [0.1, 0.15) is 0 Å². The van der Waals surface area contributed by atoms with E-state index in [1.807, 2.05) is 55.5 Å². The Bertz CT molecular complexity index is 1130. The number of benzene rings is 3. The zero-order chi connectivity index (χ0) is 25.0. The normalized spacial score (nSPS) is 10.1. The zero-order valence-electron chi connectivity index (χ0n) is 17.9. The molecular formula is C22H23Br2ClNO2P5. The van der Waals surface area contributed by atoms with Crippen molar-refractivity contribution in [3.05, 3.63) is 97.2 Å². The number of halogens is 3. The van der Waals surface area contributed by atoms with Gasteiger partial charge in [0, 0.05) is 19.5 Å². The first-order valence-electron chi connectivity index (χ1n) is 9.16. The van der Waals surface area contributed by atoms with Crippen molar-refractivity contribution in [1.29, 1.82) is 0 Å². The van der Waals surface area contributed by atoms with Crippen LogP contribution in [0.1, 0.15) is 15.9 Å². The molecule has 174 valence electrons. The predicted molar refractivity (Wildman–Crippen MR) is 165 cm³/mol. The maximum atomic E-state index is 11.4. The van der Waals surface area contributed by atoms with E-state index in [2.05, 4.69) is 68.2 Å². The Hall–Kier alpha value is 0.0200. The van der Waals surface area contributed by atoms with Crippen LogP contribution in [0.3, 0.4) is 0 Å². The minimum atomic E-state index is -0.391. The van der Waals surface area contributed by atoms with E-state index in [4.69, 9.17) is 18.2 Å². The minimum absolute atomic E-state index is 0.226. The number of nitrogens with zero attached hydrogens (tertiary/aromatic N) is 1. The first kappa shape index (κ1) is 31.1. The average Bonchev–Trinajstić information content (AvgIpc) is 2.79. The molecule has 4 unspecified atom stereocenters. The Morgan fingerprint density at radius 1 is 1.12 bits per heavy atom. The number of ether oxygens (including phenoxy) is 1. The quantitative estimate of drug-likeness (QED) is 0.156. The third kappa shape index (κ3) is 11.5. The van der Waals surface area contributed by atoms with Crippen LogP contribution in [0.15, 0.2) is 69.6 Å². The lowest BCUT2D eigenvalue weighted by molar-refractivity contribution is 0.0601. The van der Waals surface area contributed by atoms with Gasteiger partial charge >= 0.3 is 5.97 Å².